The van der Waals surface area contributed by atoms with E-state index >= 15 is 0 Å². The molecule has 1 fully saturated rings. The summed E-state index contributed by atoms with van der Waals surface area (Å²) in [6.07, 6.45) is 6.85. The average molecular weight is 363 g/mol. The van der Waals surface area contributed by atoms with Crippen molar-refractivity contribution in [1.82, 2.24) is 9.13 Å². The maximum Gasteiger partial charge on any atom is 0.332 e. The van der Waals surface area contributed by atoms with Crippen LogP contribution in [0.5, 0.6) is 0 Å². The minimum absolute atomic E-state index is 0.0215. The molecule has 0 N–H and O–H groups in total. The van der Waals surface area contributed by atoms with E-state index in [1.807, 2.05) is 12.1 Å². The van der Waals surface area contributed by atoms with Crippen LogP contribution in [0.1, 0.15) is 38.1 Å². The van der Waals surface area contributed by atoms with Crippen molar-refractivity contribution in [2.45, 2.75) is 44.7 Å². The van der Waals surface area contributed by atoms with Crippen LogP contribution >= 0.6 is 15.9 Å². The lowest BCUT2D eigenvalue weighted by molar-refractivity contribution is 0.333. The number of hydrogen-bond acceptors (Lipinski definition) is 2. The minimum atomic E-state index is -0.216. The summed E-state index contributed by atoms with van der Waals surface area (Å²) in [4.78, 5) is 25.7. The zero-order valence-corrected chi connectivity index (χ0v) is 14.0. The van der Waals surface area contributed by atoms with Crippen LogP contribution in [-0.2, 0) is 6.54 Å². The van der Waals surface area contributed by atoms with Gasteiger partial charge in [-0.15, -0.1) is 6.58 Å². The summed E-state index contributed by atoms with van der Waals surface area (Å²) in [6, 6.07) is 5.49. The highest BCUT2D eigenvalue weighted by molar-refractivity contribution is 9.10. The Kier molecular flexibility index (Phi) is 4.34. The fraction of sp³-hybridized carbons (Fsp3) is 0.412. The number of nitrogens with zero attached hydrogens (tertiary/aromatic N) is 2. The molecule has 22 heavy (non-hydrogen) atoms. The van der Waals surface area contributed by atoms with E-state index in [1.165, 1.54) is 11.0 Å². The predicted octanol–water partition coefficient (Wildman–Crippen LogP) is 3.62. The summed E-state index contributed by atoms with van der Waals surface area (Å²) in [5.74, 6) is 0. The summed E-state index contributed by atoms with van der Waals surface area (Å²) in [7, 11) is 0. The summed E-state index contributed by atoms with van der Waals surface area (Å²) < 4.78 is 3.96. The van der Waals surface area contributed by atoms with Gasteiger partial charge >= 0.3 is 5.69 Å². The first-order chi connectivity index (χ1) is 10.6. The minimum Gasteiger partial charge on any atom is -0.289 e. The Labute approximate surface area is 137 Å². The van der Waals surface area contributed by atoms with Gasteiger partial charge in [-0.05, 0) is 31.0 Å². The monoisotopic (exact) mass is 362 g/mol. The van der Waals surface area contributed by atoms with Crippen LogP contribution in [0.25, 0.3) is 10.9 Å². The summed E-state index contributed by atoms with van der Waals surface area (Å²) >= 11 is 3.41. The first-order valence-corrected chi connectivity index (χ1v) is 8.48. The van der Waals surface area contributed by atoms with Crippen molar-refractivity contribution in [3.8, 4) is 0 Å². The molecule has 1 aromatic carbocycles. The maximum absolute atomic E-state index is 12.9. The Morgan fingerprint density at radius 3 is 2.64 bits per heavy atom. The molecule has 0 atom stereocenters. The molecular formula is C17H19BrN2O2. The quantitative estimate of drug-likeness (QED) is 0.782. The topological polar surface area (TPSA) is 44.0 Å². The van der Waals surface area contributed by atoms with Crippen LogP contribution in [0.2, 0.25) is 0 Å². The van der Waals surface area contributed by atoms with Gasteiger partial charge in [-0.1, -0.05) is 41.3 Å². The molecule has 0 bridgehead atoms. The maximum atomic E-state index is 12.9. The Hall–Kier alpha value is -1.62. The number of aromatic nitrogens is 2. The van der Waals surface area contributed by atoms with E-state index in [0.29, 0.717) is 17.4 Å². The second-order valence-electron chi connectivity index (χ2n) is 5.81. The van der Waals surface area contributed by atoms with Crippen LogP contribution < -0.4 is 11.2 Å². The molecule has 4 nitrogen and oxygen atoms in total. The molecule has 0 saturated heterocycles. The van der Waals surface area contributed by atoms with Gasteiger partial charge in [-0.3, -0.25) is 13.9 Å². The van der Waals surface area contributed by atoms with Crippen LogP contribution in [0.3, 0.4) is 0 Å². The van der Waals surface area contributed by atoms with Crippen LogP contribution in [0, 0.1) is 0 Å². The molecule has 3 rings (SSSR count). The second-order valence-corrected chi connectivity index (χ2v) is 6.73. The summed E-state index contributed by atoms with van der Waals surface area (Å²) in [6.45, 7) is 4.14. The molecule has 1 aliphatic rings. The van der Waals surface area contributed by atoms with Gasteiger partial charge in [0.15, 0.2) is 0 Å². The lowest BCUT2D eigenvalue weighted by Gasteiger charge is -2.24. The predicted molar refractivity (Wildman–Crippen MR) is 92.5 cm³/mol. The van der Waals surface area contributed by atoms with E-state index in [-0.39, 0.29) is 17.3 Å². The molecule has 0 spiro atoms. The van der Waals surface area contributed by atoms with Crippen LogP contribution in [0.15, 0.2) is 44.9 Å². The van der Waals surface area contributed by atoms with Crippen molar-refractivity contribution in [2.24, 2.45) is 0 Å². The molecule has 1 aliphatic carbocycles. The van der Waals surface area contributed by atoms with E-state index < -0.39 is 0 Å². The number of rotatable bonds is 3. The fourth-order valence-electron chi connectivity index (χ4n) is 3.33. The molecule has 0 unspecified atom stereocenters. The van der Waals surface area contributed by atoms with Crippen molar-refractivity contribution in [3.63, 3.8) is 0 Å². The first kappa shape index (κ1) is 15.3. The zero-order valence-electron chi connectivity index (χ0n) is 12.4. The van der Waals surface area contributed by atoms with Crippen LogP contribution in [0.4, 0.5) is 0 Å². The second kappa shape index (κ2) is 6.24. The van der Waals surface area contributed by atoms with E-state index in [0.717, 1.165) is 30.2 Å². The molecule has 5 heteroatoms. The van der Waals surface area contributed by atoms with Gasteiger partial charge in [0.25, 0.3) is 5.56 Å². The van der Waals surface area contributed by atoms with Gasteiger partial charge in [0.2, 0.25) is 0 Å². The smallest absolute Gasteiger partial charge is 0.289 e. The summed E-state index contributed by atoms with van der Waals surface area (Å²) in [5.41, 5.74) is 0.283. The van der Waals surface area contributed by atoms with E-state index in [2.05, 4.69) is 22.5 Å². The van der Waals surface area contributed by atoms with Gasteiger partial charge in [0.1, 0.15) is 0 Å². The highest BCUT2D eigenvalue weighted by Crippen LogP contribution is 2.26. The van der Waals surface area contributed by atoms with Crippen molar-refractivity contribution in [3.05, 3.63) is 56.2 Å². The van der Waals surface area contributed by atoms with Crippen molar-refractivity contribution >= 4 is 26.8 Å². The Morgan fingerprint density at radius 1 is 1.23 bits per heavy atom. The van der Waals surface area contributed by atoms with Crippen molar-refractivity contribution < 1.29 is 0 Å². The molecule has 116 valence electrons. The largest absolute Gasteiger partial charge is 0.332 e. The number of halogens is 1. The van der Waals surface area contributed by atoms with Gasteiger partial charge in [0.05, 0.1) is 10.9 Å². The van der Waals surface area contributed by atoms with Gasteiger partial charge < -0.3 is 0 Å². The van der Waals surface area contributed by atoms with Gasteiger partial charge in [0, 0.05) is 17.1 Å². The molecule has 0 amide bonds. The SMILES string of the molecule is C=CCn1c(=O)n(C2CCCCC2)c(=O)c2cc(Br)ccc21. The normalized spacial score (nSPS) is 16.0. The third kappa shape index (κ3) is 2.58. The molecule has 1 heterocycles. The third-order valence-electron chi connectivity index (χ3n) is 4.39. The molecule has 2 aromatic rings. The molecule has 1 saturated carbocycles. The lowest BCUT2D eigenvalue weighted by Crippen LogP contribution is -2.42. The Bertz CT molecular complexity index is 829. The lowest BCUT2D eigenvalue weighted by atomic mass is 9.95. The number of allylic oxidation sites excluding steroid dienone is 1. The van der Waals surface area contributed by atoms with E-state index in [1.54, 1.807) is 16.7 Å². The number of fused-ring (bicyclic) bond motifs is 1. The van der Waals surface area contributed by atoms with Gasteiger partial charge in [-0.2, -0.15) is 0 Å². The molecule has 1 aromatic heterocycles. The zero-order chi connectivity index (χ0) is 15.7. The van der Waals surface area contributed by atoms with Crippen LogP contribution in [-0.4, -0.2) is 9.13 Å². The van der Waals surface area contributed by atoms with E-state index in [9.17, 15) is 9.59 Å². The molecule has 0 radical (unpaired) electrons. The molecule has 0 aliphatic heterocycles. The highest BCUT2D eigenvalue weighted by Gasteiger charge is 2.22. The van der Waals surface area contributed by atoms with E-state index in [4.69, 9.17) is 0 Å². The Balaban J connectivity index is 2.33. The number of hydrogen-bond donors (Lipinski definition) is 0. The third-order valence-corrected chi connectivity index (χ3v) is 4.88. The standard InChI is InChI=1S/C17H19BrN2O2/c1-2-10-19-15-9-8-12(18)11-14(15)16(21)20(17(19)22)13-6-4-3-5-7-13/h2,8-9,11,13H,1,3-7,10H2. The highest BCUT2D eigenvalue weighted by atomic mass is 79.9. The van der Waals surface area contributed by atoms with Crippen molar-refractivity contribution in [2.75, 3.05) is 0 Å². The molecular weight excluding hydrogens is 344 g/mol. The average Bonchev–Trinajstić information content (AvgIpc) is 2.53. The summed E-state index contributed by atoms with van der Waals surface area (Å²) in [5, 5.41) is 0.585. The fourth-order valence-corrected chi connectivity index (χ4v) is 3.69. The van der Waals surface area contributed by atoms with Gasteiger partial charge in [-0.25, -0.2) is 4.79 Å². The number of benzene rings is 1. The first-order valence-electron chi connectivity index (χ1n) is 7.69. The Morgan fingerprint density at radius 2 is 1.95 bits per heavy atom. The van der Waals surface area contributed by atoms with Crippen molar-refractivity contribution in [1.29, 1.82) is 0 Å².